The van der Waals surface area contributed by atoms with Crippen LogP contribution < -0.4 is 21.6 Å². The zero-order valence-electron chi connectivity index (χ0n) is 16.7. The quantitative estimate of drug-likeness (QED) is 0.241. The van der Waals surface area contributed by atoms with Gasteiger partial charge in [-0.2, -0.15) is 0 Å². The van der Waals surface area contributed by atoms with E-state index >= 15 is 0 Å². The summed E-state index contributed by atoms with van der Waals surface area (Å²) in [6.07, 6.45) is 0. The average molecular weight is 490 g/mol. The molecule has 1 aliphatic rings. The fourth-order valence-corrected chi connectivity index (χ4v) is 12.6. The molecule has 5 heteroatoms. The van der Waals surface area contributed by atoms with E-state index in [1.165, 1.54) is 0 Å². The Morgan fingerprint density at radius 2 is 1.16 bits per heavy atom. The molecule has 1 unspecified atom stereocenters. The maximum atomic E-state index is 13.0. The summed E-state index contributed by atoms with van der Waals surface area (Å²) in [6.45, 7) is 0. The van der Waals surface area contributed by atoms with Crippen LogP contribution in [0.25, 0.3) is 0 Å². The monoisotopic (exact) mass is 489 g/mol. The van der Waals surface area contributed by atoms with Gasteiger partial charge in [-0.1, -0.05) is 0 Å². The third kappa shape index (κ3) is 2.79. The number of halogens is 1. The van der Waals surface area contributed by atoms with Gasteiger partial charge in [0.05, 0.1) is 0 Å². The number of fused-ring (bicyclic) bond motifs is 1. The number of benzene rings is 4. The average Bonchev–Trinajstić information content (AvgIpc) is 3.17. The molecule has 154 valence electrons. The zero-order chi connectivity index (χ0) is 21.5. The van der Waals surface area contributed by atoms with Crippen LogP contribution in [0.2, 0.25) is 0 Å². The summed E-state index contributed by atoms with van der Waals surface area (Å²) < 4.78 is 6.24. The van der Waals surface area contributed by atoms with Crippen LogP contribution in [0.5, 0.6) is 0 Å². The Balaban J connectivity index is 1.95. The van der Waals surface area contributed by atoms with Crippen LogP contribution in [-0.2, 0) is 4.74 Å². The Bertz CT molecular complexity index is 1160. The molecule has 3 nitrogen and oxygen atoms in total. The predicted molar refractivity (Wildman–Crippen MR) is 133 cm³/mol. The third-order valence-electron chi connectivity index (χ3n) is 6.01. The SMILES string of the molecule is Nc1ccc2c(c1)C(=O)OC2P(Br)(c1ccccc1)(c1ccccc1)c1ccccc1. The van der Waals surface area contributed by atoms with Gasteiger partial charge in [0.25, 0.3) is 0 Å². The van der Waals surface area contributed by atoms with E-state index in [1.807, 2.05) is 66.7 Å². The summed E-state index contributed by atoms with van der Waals surface area (Å²) in [4.78, 5) is 13.0. The Labute approximate surface area is 189 Å². The summed E-state index contributed by atoms with van der Waals surface area (Å²) in [5, 5.41) is -0.225. The topological polar surface area (TPSA) is 52.3 Å². The van der Waals surface area contributed by atoms with Crippen LogP contribution in [0.3, 0.4) is 0 Å². The molecule has 0 fully saturated rings. The van der Waals surface area contributed by atoms with Crippen LogP contribution in [-0.4, -0.2) is 5.97 Å². The normalized spacial score (nSPS) is 16.7. The van der Waals surface area contributed by atoms with Crippen LogP contribution in [0.4, 0.5) is 5.69 Å². The second kappa shape index (κ2) is 7.33. The summed E-state index contributed by atoms with van der Waals surface area (Å²) in [6, 6.07) is 36.4. The Hall–Kier alpha value is -2.94. The minimum absolute atomic E-state index is 0.344. The molecular formula is C26H21BrNO2P. The van der Waals surface area contributed by atoms with E-state index in [4.69, 9.17) is 10.5 Å². The molecule has 0 radical (unpaired) electrons. The number of esters is 1. The molecular weight excluding hydrogens is 469 g/mol. The van der Waals surface area contributed by atoms with Gasteiger partial charge in [-0.05, 0) is 0 Å². The molecule has 1 atom stereocenters. The molecule has 0 aromatic heterocycles. The van der Waals surface area contributed by atoms with Crippen LogP contribution >= 0.6 is 20.8 Å². The maximum absolute atomic E-state index is 13.0. The second-order valence-electron chi connectivity index (χ2n) is 7.68. The number of nitrogen functional groups attached to an aromatic ring is 1. The summed E-state index contributed by atoms with van der Waals surface area (Å²) in [5.74, 6) is -0.871. The van der Waals surface area contributed by atoms with Crippen molar-refractivity contribution >= 4 is 48.4 Å². The van der Waals surface area contributed by atoms with Crippen LogP contribution in [0, 0.1) is 0 Å². The molecule has 0 amide bonds. The standard InChI is InChI=1S/C26H21BrNO2P/c27-31(20-10-4-1-5-11-20,21-12-6-2-7-13-21,22-14-8-3-9-15-22)26-23-17-16-19(28)18-24(23)25(29)30-26/h1-18,26H,28H2. The van der Waals surface area contributed by atoms with Crippen molar-refractivity contribution in [2.24, 2.45) is 0 Å². The summed E-state index contributed by atoms with van der Waals surface area (Å²) in [7, 11) is 0. The van der Waals surface area contributed by atoms with E-state index in [0.717, 1.165) is 21.5 Å². The van der Waals surface area contributed by atoms with Gasteiger partial charge in [0.2, 0.25) is 0 Å². The van der Waals surface area contributed by atoms with Gasteiger partial charge in [0.15, 0.2) is 0 Å². The molecule has 1 heterocycles. The molecule has 31 heavy (non-hydrogen) atoms. The molecule has 0 bridgehead atoms. The van der Waals surface area contributed by atoms with E-state index in [0.29, 0.717) is 11.3 Å². The van der Waals surface area contributed by atoms with Gasteiger partial charge in [-0.3, -0.25) is 0 Å². The molecule has 4 aromatic rings. The number of hydrogen-bond donors (Lipinski definition) is 1. The van der Waals surface area contributed by atoms with E-state index in [9.17, 15) is 4.79 Å². The number of hydrogen-bond acceptors (Lipinski definition) is 3. The number of cyclic esters (lactones) is 1. The number of carbonyl (C=O) groups excluding carboxylic acids is 1. The van der Waals surface area contributed by atoms with Gasteiger partial charge in [0, 0.05) is 0 Å². The fourth-order valence-electron chi connectivity index (χ4n) is 4.57. The molecule has 2 N–H and O–H groups in total. The van der Waals surface area contributed by atoms with Crippen molar-refractivity contribution < 1.29 is 9.53 Å². The number of nitrogens with two attached hydrogens (primary N) is 1. The first-order valence-corrected chi connectivity index (χ1v) is 14.4. The first kappa shape index (κ1) is 20.0. The van der Waals surface area contributed by atoms with Crippen molar-refractivity contribution in [3.8, 4) is 0 Å². The molecule has 0 spiro atoms. The van der Waals surface area contributed by atoms with E-state index in [2.05, 4.69) is 51.9 Å². The first-order chi connectivity index (χ1) is 15.0. The van der Waals surface area contributed by atoms with Crippen LogP contribution in [0.15, 0.2) is 109 Å². The van der Waals surface area contributed by atoms with Crippen LogP contribution in [0.1, 0.15) is 21.8 Å². The van der Waals surface area contributed by atoms with Gasteiger partial charge in [-0.25, -0.2) is 0 Å². The molecule has 5 rings (SSSR count). The predicted octanol–water partition coefficient (Wildman–Crippen LogP) is 5.28. The van der Waals surface area contributed by atoms with Crippen molar-refractivity contribution in [3.05, 3.63) is 120 Å². The third-order valence-corrected chi connectivity index (χ3v) is 16.0. The Kier molecular flexibility index (Phi) is 4.73. The summed E-state index contributed by atoms with van der Waals surface area (Å²) >= 11 is 4.38. The minimum atomic E-state index is -3.50. The van der Waals surface area contributed by atoms with Crippen molar-refractivity contribution in [2.45, 2.75) is 5.85 Å². The van der Waals surface area contributed by atoms with Crippen molar-refractivity contribution in [3.63, 3.8) is 0 Å². The number of ether oxygens (including phenoxy) is 1. The Morgan fingerprint density at radius 1 is 0.710 bits per heavy atom. The zero-order valence-corrected chi connectivity index (χ0v) is 19.2. The van der Waals surface area contributed by atoms with E-state index in [-0.39, 0.29) is 5.97 Å². The van der Waals surface area contributed by atoms with E-state index < -0.39 is 11.2 Å². The van der Waals surface area contributed by atoms with Gasteiger partial charge in [-0.15, -0.1) is 0 Å². The molecule has 1 aliphatic heterocycles. The molecule has 0 saturated heterocycles. The van der Waals surface area contributed by atoms with E-state index in [1.54, 1.807) is 6.07 Å². The molecule has 0 aliphatic carbocycles. The van der Waals surface area contributed by atoms with Crippen molar-refractivity contribution in [1.29, 1.82) is 0 Å². The first-order valence-electron chi connectivity index (χ1n) is 10.0. The number of rotatable bonds is 4. The summed E-state index contributed by atoms with van der Waals surface area (Å²) in [5.41, 5.74) is 7.93. The van der Waals surface area contributed by atoms with Gasteiger partial charge in [0.1, 0.15) is 0 Å². The van der Waals surface area contributed by atoms with Gasteiger partial charge >= 0.3 is 190 Å². The molecule has 0 saturated carbocycles. The van der Waals surface area contributed by atoms with Gasteiger partial charge < -0.3 is 0 Å². The van der Waals surface area contributed by atoms with Crippen molar-refractivity contribution in [1.82, 2.24) is 0 Å². The number of anilines is 1. The Morgan fingerprint density at radius 3 is 1.61 bits per heavy atom. The second-order valence-corrected chi connectivity index (χ2v) is 16.3. The van der Waals surface area contributed by atoms with Crippen molar-refractivity contribution in [2.75, 3.05) is 5.73 Å². The fraction of sp³-hybridized carbons (Fsp3) is 0.0385. The molecule has 4 aromatic carbocycles. The number of carbonyl (C=O) groups is 1.